The van der Waals surface area contributed by atoms with Gasteiger partial charge in [0, 0.05) is 31.1 Å². The molecule has 4 rings (SSSR count). The Morgan fingerprint density at radius 3 is 2.34 bits per heavy atom. The molecule has 172 valence electrons. The van der Waals surface area contributed by atoms with Gasteiger partial charge in [-0.15, -0.1) is 0 Å². The zero-order valence-corrected chi connectivity index (χ0v) is 19.4. The van der Waals surface area contributed by atoms with Crippen molar-refractivity contribution in [2.24, 2.45) is 5.92 Å². The number of carbonyl (C=O) groups is 1. The van der Waals surface area contributed by atoms with E-state index in [1.54, 1.807) is 24.3 Å². The molecule has 0 unspecified atom stereocenters. The van der Waals surface area contributed by atoms with Gasteiger partial charge in [-0.05, 0) is 63.6 Å². The van der Waals surface area contributed by atoms with Gasteiger partial charge in [0.25, 0.3) is 0 Å². The van der Waals surface area contributed by atoms with Crippen LogP contribution in [0.4, 0.5) is 0 Å². The second kappa shape index (κ2) is 10.0. The van der Waals surface area contributed by atoms with Crippen LogP contribution in [0.15, 0.2) is 53.4 Å². The Bertz CT molecular complexity index is 1020. The molecule has 0 aromatic heterocycles. The van der Waals surface area contributed by atoms with Gasteiger partial charge < -0.3 is 10.1 Å². The van der Waals surface area contributed by atoms with Crippen LogP contribution in [0.1, 0.15) is 49.7 Å². The third kappa shape index (κ3) is 5.33. The Morgan fingerprint density at radius 1 is 1.00 bits per heavy atom. The number of piperidine rings is 1. The number of aryl methyl sites for hydroxylation is 1. The second-order valence-electron chi connectivity index (χ2n) is 8.84. The normalized spacial score (nSPS) is 18.5. The van der Waals surface area contributed by atoms with Crippen molar-refractivity contribution in [1.29, 1.82) is 0 Å². The number of para-hydroxylation sites is 1. The summed E-state index contributed by atoms with van der Waals surface area (Å²) in [7, 11) is -3.52. The number of sulfonamides is 1. The number of nitrogens with zero attached hydrogens (tertiary/aromatic N) is 1. The molecule has 1 aliphatic heterocycles. The van der Waals surface area contributed by atoms with Crippen molar-refractivity contribution in [3.8, 4) is 5.75 Å². The quantitative estimate of drug-likeness (QED) is 0.682. The van der Waals surface area contributed by atoms with E-state index in [1.807, 2.05) is 31.2 Å². The molecule has 2 fully saturated rings. The summed E-state index contributed by atoms with van der Waals surface area (Å²) >= 11 is 0. The number of hydrogen-bond acceptors (Lipinski definition) is 4. The van der Waals surface area contributed by atoms with Crippen molar-refractivity contribution in [2.45, 2.75) is 63.0 Å². The average Bonchev–Trinajstić information content (AvgIpc) is 3.32. The van der Waals surface area contributed by atoms with E-state index < -0.39 is 10.0 Å². The van der Waals surface area contributed by atoms with E-state index >= 15 is 0 Å². The predicted molar refractivity (Wildman–Crippen MR) is 124 cm³/mol. The lowest BCUT2D eigenvalue weighted by Crippen LogP contribution is -2.42. The molecular weight excluding hydrogens is 424 g/mol. The molecule has 32 heavy (non-hydrogen) atoms. The van der Waals surface area contributed by atoms with E-state index in [0.717, 1.165) is 29.7 Å². The largest absolute Gasteiger partial charge is 0.490 e. The highest BCUT2D eigenvalue weighted by atomic mass is 32.2. The third-order valence-corrected chi connectivity index (χ3v) is 8.42. The van der Waals surface area contributed by atoms with Gasteiger partial charge in [0.15, 0.2) is 0 Å². The molecule has 1 aliphatic carbocycles. The van der Waals surface area contributed by atoms with Gasteiger partial charge in [0.05, 0.1) is 11.0 Å². The number of carbonyl (C=O) groups excluding carboxylic acids is 1. The summed E-state index contributed by atoms with van der Waals surface area (Å²) in [5.74, 6) is 0.647. The first-order valence-electron chi connectivity index (χ1n) is 11.5. The third-order valence-electron chi connectivity index (χ3n) is 6.50. The number of rotatable bonds is 7. The summed E-state index contributed by atoms with van der Waals surface area (Å²) in [5, 5.41) is 3.04. The molecule has 6 nitrogen and oxygen atoms in total. The molecular formula is C25H32N2O4S. The summed E-state index contributed by atoms with van der Waals surface area (Å²) in [5.41, 5.74) is 2.00. The summed E-state index contributed by atoms with van der Waals surface area (Å²) in [6, 6.07) is 14.8. The van der Waals surface area contributed by atoms with Gasteiger partial charge in [0.2, 0.25) is 15.9 Å². The van der Waals surface area contributed by atoms with Gasteiger partial charge in [-0.1, -0.05) is 35.9 Å². The lowest BCUT2D eigenvalue weighted by Gasteiger charge is -2.30. The van der Waals surface area contributed by atoms with Gasteiger partial charge >= 0.3 is 0 Å². The van der Waals surface area contributed by atoms with Crippen LogP contribution < -0.4 is 10.1 Å². The van der Waals surface area contributed by atoms with Crippen LogP contribution in [0.5, 0.6) is 5.75 Å². The first-order chi connectivity index (χ1) is 15.4. The van der Waals surface area contributed by atoms with Gasteiger partial charge in [-0.25, -0.2) is 8.42 Å². The maximum absolute atomic E-state index is 12.9. The summed E-state index contributed by atoms with van der Waals surface area (Å²) < 4.78 is 33.4. The Labute approximate surface area is 191 Å². The minimum Gasteiger partial charge on any atom is -0.490 e. The van der Waals surface area contributed by atoms with Gasteiger partial charge in [0.1, 0.15) is 5.75 Å². The maximum atomic E-state index is 12.9. The zero-order valence-electron chi connectivity index (χ0n) is 18.6. The summed E-state index contributed by atoms with van der Waals surface area (Å²) in [6.45, 7) is 3.06. The molecule has 2 aliphatic rings. The predicted octanol–water partition coefficient (Wildman–Crippen LogP) is 4.03. The highest BCUT2D eigenvalue weighted by Crippen LogP contribution is 2.27. The van der Waals surface area contributed by atoms with Crippen molar-refractivity contribution in [3.05, 3.63) is 59.7 Å². The van der Waals surface area contributed by atoms with Crippen LogP contribution >= 0.6 is 0 Å². The van der Waals surface area contributed by atoms with Crippen LogP contribution in [0.2, 0.25) is 0 Å². The van der Waals surface area contributed by atoms with Crippen molar-refractivity contribution in [1.82, 2.24) is 9.62 Å². The maximum Gasteiger partial charge on any atom is 0.243 e. The van der Waals surface area contributed by atoms with E-state index in [4.69, 9.17) is 4.74 Å². The van der Waals surface area contributed by atoms with E-state index in [1.165, 1.54) is 17.1 Å². The SMILES string of the molecule is Cc1ccc(S(=O)(=O)N2CCC(C(=O)NCc3ccccc3OC3CCCC3)CC2)cc1. The molecule has 1 amide bonds. The topological polar surface area (TPSA) is 75.7 Å². The molecule has 1 heterocycles. The fourth-order valence-electron chi connectivity index (χ4n) is 4.49. The number of amides is 1. The smallest absolute Gasteiger partial charge is 0.243 e. The summed E-state index contributed by atoms with van der Waals surface area (Å²) in [4.78, 5) is 13.1. The van der Waals surface area contributed by atoms with Crippen molar-refractivity contribution in [2.75, 3.05) is 13.1 Å². The number of nitrogens with one attached hydrogen (secondary N) is 1. The molecule has 2 aromatic rings. The number of hydrogen-bond donors (Lipinski definition) is 1. The van der Waals surface area contributed by atoms with Crippen molar-refractivity contribution in [3.63, 3.8) is 0 Å². The van der Waals surface area contributed by atoms with Crippen LogP contribution in [0, 0.1) is 12.8 Å². The molecule has 2 aromatic carbocycles. The molecule has 1 N–H and O–H groups in total. The van der Waals surface area contributed by atoms with Crippen LogP contribution in [0.3, 0.4) is 0 Å². The summed E-state index contributed by atoms with van der Waals surface area (Å²) in [6.07, 6.45) is 5.92. The van der Waals surface area contributed by atoms with E-state index in [9.17, 15) is 13.2 Å². The molecule has 0 bridgehead atoms. The average molecular weight is 457 g/mol. The standard InChI is InChI=1S/C25H32N2O4S/c1-19-10-12-23(13-11-19)32(29,30)27-16-14-20(15-17-27)25(28)26-18-21-6-2-5-9-24(21)31-22-7-3-4-8-22/h2,5-6,9-13,20,22H,3-4,7-8,14-18H2,1H3,(H,26,28). The fraction of sp³-hybridized carbons (Fsp3) is 0.480. The van der Waals surface area contributed by atoms with E-state index in [0.29, 0.717) is 37.4 Å². The van der Waals surface area contributed by atoms with Crippen LogP contribution in [0.25, 0.3) is 0 Å². The van der Waals surface area contributed by atoms with E-state index in [2.05, 4.69) is 5.32 Å². The van der Waals surface area contributed by atoms with Crippen LogP contribution in [-0.4, -0.2) is 37.8 Å². The first kappa shape index (κ1) is 22.8. The highest BCUT2D eigenvalue weighted by molar-refractivity contribution is 7.89. The van der Waals surface area contributed by atoms with E-state index in [-0.39, 0.29) is 17.9 Å². The monoisotopic (exact) mass is 456 g/mol. The highest BCUT2D eigenvalue weighted by Gasteiger charge is 2.32. The van der Waals surface area contributed by atoms with Crippen molar-refractivity contribution < 1.29 is 17.9 Å². The lowest BCUT2D eigenvalue weighted by molar-refractivity contribution is -0.126. The van der Waals surface area contributed by atoms with Gasteiger partial charge in [-0.3, -0.25) is 4.79 Å². The first-order valence-corrected chi connectivity index (χ1v) is 13.0. The van der Waals surface area contributed by atoms with Gasteiger partial charge in [-0.2, -0.15) is 4.31 Å². The zero-order chi connectivity index (χ0) is 22.6. The lowest BCUT2D eigenvalue weighted by atomic mass is 9.97. The number of ether oxygens (including phenoxy) is 1. The minimum atomic E-state index is -3.52. The number of benzene rings is 2. The van der Waals surface area contributed by atoms with Crippen molar-refractivity contribution >= 4 is 15.9 Å². The Balaban J connectivity index is 1.30. The molecule has 0 atom stereocenters. The molecule has 1 saturated heterocycles. The molecule has 1 saturated carbocycles. The molecule has 0 spiro atoms. The Kier molecular flexibility index (Phi) is 7.16. The molecule has 0 radical (unpaired) electrons. The molecule has 7 heteroatoms. The Morgan fingerprint density at radius 2 is 1.66 bits per heavy atom. The fourth-order valence-corrected chi connectivity index (χ4v) is 5.96. The minimum absolute atomic E-state index is 0.0203. The van der Waals surface area contributed by atoms with Crippen LogP contribution in [-0.2, 0) is 21.4 Å². The Hall–Kier alpha value is -2.38. The second-order valence-corrected chi connectivity index (χ2v) is 10.8.